The molecule has 0 amide bonds. The Balaban J connectivity index is 2.17. The molecule has 0 aromatic heterocycles. The molecule has 100 valence electrons. The van der Waals surface area contributed by atoms with Crippen molar-refractivity contribution in [2.24, 2.45) is 0 Å². The van der Waals surface area contributed by atoms with Gasteiger partial charge in [0.2, 0.25) is 0 Å². The molecule has 0 nitrogen and oxygen atoms in total. The molecule has 0 fully saturated rings. The fraction of sp³-hybridized carbons (Fsp3) is 0.143. The van der Waals surface area contributed by atoms with Crippen LogP contribution >= 0.6 is 62.3 Å². The lowest BCUT2D eigenvalue weighted by atomic mass is 10.0. The van der Waals surface area contributed by atoms with Gasteiger partial charge in [-0.1, -0.05) is 46.9 Å². The molecule has 2 aromatic rings. The molecule has 0 N–H and O–H groups in total. The van der Waals surface area contributed by atoms with Gasteiger partial charge in [0.1, 0.15) is 0 Å². The van der Waals surface area contributed by atoms with E-state index in [1.165, 1.54) is 0 Å². The van der Waals surface area contributed by atoms with Gasteiger partial charge < -0.3 is 0 Å². The Hall–Kier alpha value is 0.0800. The smallest absolute Gasteiger partial charge is 0.0626 e. The molecule has 0 saturated carbocycles. The van der Waals surface area contributed by atoms with Crippen LogP contribution in [0.15, 0.2) is 40.9 Å². The van der Waals surface area contributed by atoms with Gasteiger partial charge in [0.05, 0.1) is 20.4 Å². The fourth-order valence-electron chi connectivity index (χ4n) is 1.70. The summed E-state index contributed by atoms with van der Waals surface area (Å²) in [4.78, 5) is 0. The quantitative estimate of drug-likeness (QED) is 0.491. The van der Waals surface area contributed by atoms with Crippen molar-refractivity contribution >= 4 is 62.3 Å². The molecule has 5 heteroatoms. The largest absolute Gasteiger partial charge is 0.117 e. The van der Waals surface area contributed by atoms with Gasteiger partial charge in [0, 0.05) is 4.47 Å². The highest BCUT2D eigenvalue weighted by atomic mass is 79.9. The van der Waals surface area contributed by atoms with E-state index in [0.29, 0.717) is 21.5 Å². The van der Waals surface area contributed by atoms with Gasteiger partial charge in [-0.05, 0) is 57.7 Å². The van der Waals surface area contributed by atoms with Crippen LogP contribution in [0.1, 0.15) is 16.5 Å². The van der Waals surface area contributed by atoms with Gasteiger partial charge in [-0.25, -0.2) is 0 Å². The van der Waals surface area contributed by atoms with Crippen molar-refractivity contribution in [3.05, 3.63) is 67.1 Å². The van der Waals surface area contributed by atoms with Gasteiger partial charge in [-0.3, -0.25) is 0 Å². The molecule has 19 heavy (non-hydrogen) atoms. The van der Waals surface area contributed by atoms with E-state index in [9.17, 15) is 0 Å². The first kappa shape index (κ1) is 15.5. The lowest BCUT2D eigenvalue weighted by molar-refractivity contribution is 0.919. The molecule has 0 aliphatic rings. The summed E-state index contributed by atoms with van der Waals surface area (Å²) >= 11 is 27.7. The number of benzene rings is 2. The highest BCUT2D eigenvalue weighted by molar-refractivity contribution is 9.10. The second-order valence-electron chi connectivity index (χ2n) is 4.09. The highest BCUT2D eigenvalue weighted by Crippen LogP contribution is 2.32. The van der Waals surface area contributed by atoms with Gasteiger partial charge in [0.25, 0.3) is 0 Å². The molecule has 0 spiro atoms. The molecule has 1 atom stereocenters. The van der Waals surface area contributed by atoms with Gasteiger partial charge in [0.15, 0.2) is 0 Å². The number of halogens is 5. The van der Waals surface area contributed by atoms with E-state index in [-0.39, 0.29) is 5.38 Å². The van der Waals surface area contributed by atoms with Crippen molar-refractivity contribution in [3.63, 3.8) is 0 Å². The minimum Gasteiger partial charge on any atom is -0.117 e. The zero-order valence-corrected chi connectivity index (χ0v) is 14.2. The van der Waals surface area contributed by atoms with E-state index >= 15 is 0 Å². The van der Waals surface area contributed by atoms with E-state index in [1.54, 1.807) is 6.07 Å². The van der Waals surface area contributed by atoms with Crippen molar-refractivity contribution in [1.29, 1.82) is 0 Å². The molecule has 2 aromatic carbocycles. The van der Waals surface area contributed by atoms with Gasteiger partial charge >= 0.3 is 0 Å². The summed E-state index contributed by atoms with van der Waals surface area (Å²) in [6.45, 7) is 0. The second-order valence-corrected chi connectivity index (χ2v) is 6.70. The normalized spacial score (nSPS) is 12.5. The van der Waals surface area contributed by atoms with Crippen LogP contribution in [-0.4, -0.2) is 0 Å². The zero-order valence-electron chi connectivity index (χ0n) is 9.64. The first-order valence-electron chi connectivity index (χ1n) is 5.50. The molecule has 0 radical (unpaired) electrons. The summed E-state index contributed by atoms with van der Waals surface area (Å²) < 4.78 is 0.858. The topological polar surface area (TPSA) is 0 Å². The Morgan fingerprint density at radius 3 is 2.26 bits per heavy atom. The molecule has 2 rings (SSSR count). The van der Waals surface area contributed by atoms with E-state index < -0.39 is 0 Å². The van der Waals surface area contributed by atoms with E-state index in [4.69, 9.17) is 46.4 Å². The molecule has 0 heterocycles. The number of hydrogen-bond acceptors (Lipinski definition) is 0. The minimum atomic E-state index is -0.164. The van der Waals surface area contributed by atoms with Crippen molar-refractivity contribution in [2.45, 2.75) is 11.8 Å². The second kappa shape index (κ2) is 6.69. The summed E-state index contributed by atoms with van der Waals surface area (Å²) in [7, 11) is 0. The molecule has 0 bridgehead atoms. The maximum Gasteiger partial charge on any atom is 0.0626 e. The molecule has 0 aliphatic carbocycles. The summed E-state index contributed by atoms with van der Waals surface area (Å²) in [5.41, 5.74) is 2.01. The third kappa shape index (κ3) is 4.03. The van der Waals surface area contributed by atoms with Crippen LogP contribution in [0.2, 0.25) is 15.1 Å². The predicted molar refractivity (Wildman–Crippen MR) is 87.9 cm³/mol. The Morgan fingerprint density at radius 1 is 0.895 bits per heavy atom. The Kier molecular flexibility index (Phi) is 5.45. The first-order chi connectivity index (χ1) is 8.97. The monoisotopic (exact) mass is 396 g/mol. The SMILES string of the molecule is Clc1ccc(CC(Cl)c2ccc(Br)c(Cl)c2)cc1Cl. The average Bonchev–Trinajstić information content (AvgIpc) is 2.37. The fourth-order valence-corrected chi connectivity index (χ4v) is 2.77. The van der Waals surface area contributed by atoms with Crippen LogP contribution in [-0.2, 0) is 6.42 Å². The van der Waals surface area contributed by atoms with Crippen LogP contribution < -0.4 is 0 Å². The van der Waals surface area contributed by atoms with Gasteiger partial charge in [-0.15, -0.1) is 11.6 Å². The number of rotatable bonds is 3. The van der Waals surface area contributed by atoms with Crippen molar-refractivity contribution in [2.75, 3.05) is 0 Å². The van der Waals surface area contributed by atoms with Crippen molar-refractivity contribution in [3.8, 4) is 0 Å². The first-order valence-corrected chi connectivity index (χ1v) is 7.86. The third-order valence-corrected chi connectivity index (χ3v) is 5.08. The Bertz CT molecular complexity index is 598. The van der Waals surface area contributed by atoms with Crippen molar-refractivity contribution in [1.82, 2.24) is 0 Å². The highest BCUT2D eigenvalue weighted by Gasteiger charge is 2.11. The Labute approximate surface area is 140 Å². The van der Waals surface area contributed by atoms with Crippen LogP contribution in [0, 0.1) is 0 Å². The molecule has 0 aliphatic heterocycles. The zero-order chi connectivity index (χ0) is 14.0. The lowest BCUT2D eigenvalue weighted by Gasteiger charge is -2.11. The maximum atomic E-state index is 6.41. The average molecular weight is 399 g/mol. The van der Waals surface area contributed by atoms with E-state index in [0.717, 1.165) is 15.6 Å². The minimum absolute atomic E-state index is 0.164. The lowest BCUT2D eigenvalue weighted by Crippen LogP contribution is -1.96. The number of hydrogen-bond donors (Lipinski definition) is 0. The summed E-state index contributed by atoms with van der Waals surface area (Å²) in [5, 5.41) is 1.57. The van der Waals surface area contributed by atoms with Crippen LogP contribution in [0.25, 0.3) is 0 Å². The van der Waals surface area contributed by atoms with Crippen LogP contribution in [0.3, 0.4) is 0 Å². The van der Waals surface area contributed by atoms with Crippen LogP contribution in [0.4, 0.5) is 0 Å². The van der Waals surface area contributed by atoms with Gasteiger partial charge in [-0.2, -0.15) is 0 Å². The summed E-state index contributed by atoms with van der Waals surface area (Å²) in [6, 6.07) is 11.2. The Morgan fingerprint density at radius 2 is 1.63 bits per heavy atom. The van der Waals surface area contributed by atoms with Crippen LogP contribution in [0.5, 0.6) is 0 Å². The van der Waals surface area contributed by atoms with E-state index in [1.807, 2.05) is 30.3 Å². The molecule has 1 unspecified atom stereocenters. The number of alkyl halides is 1. The summed E-state index contributed by atoms with van der Waals surface area (Å²) in [5.74, 6) is 0. The van der Waals surface area contributed by atoms with E-state index in [2.05, 4.69) is 15.9 Å². The molecular weight excluding hydrogens is 390 g/mol. The standard InChI is InChI=1S/C14H9BrCl4/c15-10-3-2-9(7-13(10)18)12(17)5-8-1-4-11(16)14(19)6-8/h1-4,6-7,12H,5H2. The molecular formula is C14H9BrCl4. The molecule has 0 saturated heterocycles. The summed E-state index contributed by atoms with van der Waals surface area (Å²) in [6.07, 6.45) is 0.663. The maximum absolute atomic E-state index is 6.41. The predicted octanol–water partition coefficient (Wildman–Crippen LogP) is 6.93. The van der Waals surface area contributed by atoms with Crippen molar-refractivity contribution < 1.29 is 0 Å². The third-order valence-electron chi connectivity index (χ3n) is 2.70.